The predicted molar refractivity (Wildman–Crippen MR) is 109 cm³/mol. The Morgan fingerprint density at radius 3 is 2.17 bits per heavy atom. The summed E-state index contributed by atoms with van der Waals surface area (Å²) in [6.45, 7) is 0. The Hall–Kier alpha value is -3.79. The fourth-order valence-electron chi connectivity index (χ4n) is 2.26. The molecule has 2 N–H and O–H groups in total. The lowest BCUT2D eigenvalue weighted by Gasteiger charge is -2.06. The van der Waals surface area contributed by atoms with E-state index in [-0.39, 0.29) is 11.3 Å². The lowest BCUT2D eigenvalue weighted by molar-refractivity contribution is -0.384. The molecule has 0 atom stereocenters. The van der Waals surface area contributed by atoms with Crippen molar-refractivity contribution in [2.24, 2.45) is 5.10 Å². The SMILES string of the molecule is O=C(N/N=C\c1ccc(Br)o1)c1ccc(NC(=O)c2ccc([N+](=O)[O-])cc2)cc1. The van der Waals surface area contributed by atoms with E-state index in [4.69, 9.17) is 4.42 Å². The summed E-state index contributed by atoms with van der Waals surface area (Å²) >= 11 is 3.16. The number of nitrogens with zero attached hydrogens (tertiary/aromatic N) is 2. The molecule has 1 aromatic heterocycles. The Labute approximate surface area is 172 Å². The quantitative estimate of drug-likeness (QED) is 0.329. The number of halogens is 1. The van der Waals surface area contributed by atoms with Gasteiger partial charge in [0.25, 0.3) is 17.5 Å². The average molecular weight is 457 g/mol. The van der Waals surface area contributed by atoms with Gasteiger partial charge in [-0.05, 0) is 64.5 Å². The van der Waals surface area contributed by atoms with Gasteiger partial charge in [-0.15, -0.1) is 0 Å². The van der Waals surface area contributed by atoms with E-state index in [2.05, 4.69) is 31.8 Å². The molecule has 0 aliphatic rings. The Kier molecular flexibility index (Phi) is 6.15. The molecule has 1 heterocycles. The summed E-state index contributed by atoms with van der Waals surface area (Å²) in [5, 5.41) is 17.1. The number of nitrogens with one attached hydrogen (secondary N) is 2. The predicted octanol–water partition coefficient (Wildman–Crippen LogP) is 3.97. The van der Waals surface area contributed by atoms with Gasteiger partial charge in [-0.2, -0.15) is 5.10 Å². The van der Waals surface area contributed by atoms with Crippen molar-refractivity contribution in [3.05, 3.63) is 92.3 Å². The summed E-state index contributed by atoms with van der Waals surface area (Å²) < 4.78 is 5.77. The van der Waals surface area contributed by atoms with E-state index in [9.17, 15) is 19.7 Å². The van der Waals surface area contributed by atoms with Gasteiger partial charge in [-0.25, -0.2) is 5.43 Å². The molecule has 0 fully saturated rings. The molecule has 0 saturated carbocycles. The Balaban J connectivity index is 1.57. The third-order valence-corrected chi connectivity index (χ3v) is 4.12. The van der Waals surface area contributed by atoms with E-state index in [0.29, 0.717) is 21.7 Å². The van der Waals surface area contributed by atoms with Crippen LogP contribution in [0, 0.1) is 10.1 Å². The molecule has 0 aliphatic heterocycles. The molecule has 3 aromatic rings. The first kappa shape index (κ1) is 20.0. The highest BCUT2D eigenvalue weighted by Crippen LogP contribution is 2.15. The van der Waals surface area contributed by atoms with Gasteiger partial charge in [0.05, 0.1) is 11.1 Å². The van der Waals surface area contributed by atoms with Crippen LogP contribution in [0.1, 0.15) is 26.5 Å². The van der Waals surface area contributed by atoms with Crippen LogP contribution in [-0.2, 0) is 0 Å². The molecule has 9 nitrogen and oxygen atoms in total. The number of nitro benzene ring substituents is 1. The lowest BCUT2D eigenvalue weighted by Crippen LogP contribution is -2.17. The zero-order chi connectivity index (χ0) is 20.8. The maximum Gasteiger partial charge on any atom is 0.271 e. The summed E-state index contributed by atoms with van der Waals surface area (Å²) in [6.07, 6.45) is 1.36. The van der Waals surface area contributed by atoms with Crippen molar-refractivity contribution in [3.8, 4) is 0 Å². The van der Waals surface area contributed by atoms with Crippen molar-refractivity contribution in [1.29, 1.82) is 0 Å². The molecule has 0 saturated heterocycles. The van der Waals surface area contributed by atoms with Crippen LogP contribution < -0.4 is 10.7 Å². The van der Waals surface area contributed by atoms with Crippen LogP contribution in [0.2, 0.25) is 0 Å². The van der Waals surface area contributed by atoms with Gasteiger partial charge in [0.1, 0.15) is 5.76 Å². The monoisotopic (exact) mass is 456 g/mol. The van der Waals surface area contributed by atoms with E-state index < -0.39 is 16.7 Å². The molecule has 0 radical (unpaired) electrons. The van der Waals surface area contributed by atoms with E-state index in [1.807, 2.05) is 0 Å². The second-order valence-corrected chi connectivity index (χ2v) is 6.46. The molecule has 0 spiro atoms. The Bertz CT molecular complexity index is 1070. The fraction of sp³-hybridized carbons (Fsp3) is 0. The van der Waals surface area contributed by atoms with E-state index in [1.54, 1.807) is 24.3 Å². The first-order valence-corrected chi connectivity index (χ1v) is 8.96. The van der Waals surface area contributed by atoms with Gasteiger partial charge in [0.2, 0.25) is 0 Å². The van der Waals surface area contributed by atoms with Gasteiger partial charge < -0.3 is 9.73 Å². The normalized spacial score (nSPS) is 10.7. The van der Waals surface area contributed by atoms with Gasteiger partial charge in [0, 0.05) is 28.9 Å². The van der Waals surface area contributed by atoms with E-state index in [0.717, 1.165) is 0 Å². The molecule has 10 heteroatoms. The number of amides is 2. The zero-order valence-electron chi connectivity index (χ0n) is 14.7. The van der Waals surface area contributed by atoms with Crippen molar-refractivity contribution in [2.75, 3.05) is 5.32 Å². The first-order chi connectivity index (χ1) is 13.9. The highest BCUT2D eigenvalue weighted by atomic mass is 79.9. The highest BCUT2D eigenvalue weighted by Gasteiger charge is 2.10. The summed E-state index contributed by atoms with van der Waals surface area (Å²) in [5.74, 6) is -0.382. The van der Waals surface area contributed by atoms with Crippen LogP contribution in [0.5, 0.6) is 0 Å². The van der Waals surface area contributed by atoms with Gasteiger partial charge in [0.15, 0.2) is 4.67 Å². The number of anilines is 1. The second kappa shape index (κ2) is 8.93. The lowest BCUT2D eigenvalue weighted by atomic mass is 10.1. The van der Waals surface area contributed by atoms with Crippen LogP contribution in [0.25, 0.3) is 0 Å². The average Bonchev–Trinajstić information content (AvgIpc) is 3.13. The maximum atomic E-state index is 12.2. The molecule has 29 heavy (non-hydrogen) atoms. The number of furan rings is 1. The van der Waals surface area contributed by atoms with E-state index in [1.165, 1.54) is 42.6 Å². The van der Waals surface area contributed by atoms with E-state index >= 15 is 0 Å². The topological polar surface area (TPSA) is 127 Å². The number of carbonyl (C=O) groups is 2. The van der Waals surface area contributed by atoms with Crippen LogP contribution >= 0.6 is 15.9 Å². The zero-order valence-corrected chi connectivity index (χ0v) is 16.3. The van der Waals surface area contributed by atoms with Crippen molar-refractivity contribution < 1.29 is 18.9 Å². The molecule has 2 aromatic carbocycles. The molecule has 0 aliphatic carbocycles. The molecule has 2 amide bonds. The van der Waals surface area contributed by atoms with Crippen molar-refractivity contribution in [2.45, 2.75) is 0 Å². The van der Waals surface area contributed by atoms with Crippen LogP contribution in [-0.4, -0.2) is 23.0 Å². The summed E-state index contributed by atoms with van der Waals surface area (Å²) in [7, 11) is 0. The number of rotatable bonds is 6. The summed E-state index contributed by atoms with van der Waals surface area (Å²) in [4.78, 5) is 34.4. The number of nitro groups is 1. The molecule has 0 unspecified atom stereocenters. The summed E-state index contributed by atoms with van der Waals surface area (Å²) in [6, 6.07) is 14.8. The van der Waals surface area contributed by atoms with Crippen molar-refractivity contribution in [3.63, 3.8) is 0 Å². The van der Waals surface area contributed by atoms with Crippen molar-refractivity contribution in [1.82, 2.24) is 5.43 Å². The molecular weight excluding hydrogens is 444 g/mol. The van der Waals surface area contributed by atoms with Gasteiger partial charge >= 0.3 is 0 Å². The highest BCUT2D eigenvalue weighted by molar-refractivity contribution is 9.10. The number of hydrogen-bond acceptors (Lipinski definition) is 6. The summed E-state index contributed by atoms with van der Waals surface area (Å²) in [5.41, 5.74) is 3.36. The number of hydrogen-bond donors (Lipinski definition) is 2. The van der Waals surface area contributed by atoms with Crippen LogP contribution in [0.4, 0.5) is 11.4 Å². The minimum Gasteiger partial charge on any atom is -0.448 e. The van der Waals surface area contributed by atoms with Crippen LogP contribution in [0.3, 0.4) is 0 Å². The largest absolute Gasteiger partial charge is 0.448 e. The molecular formula is C19H13BrN4O5. The number of hydrazone groups is 1. The Morgan fingerprint density at radius 1 is 0.966 bits per heavy atom. The fourth-order valence-corrected chi connectivity index (χ4v) is 2.58. The first-order valence-electron chi connectivity index (χ1n) is 8.17. The smallest absolute Gasteiger partial charge is 0.271 e. The third-order valence-electron chi connectivity index (χ3n) is 3.70. The van der Waals surface area contributed by atoms with Gasteiger partial charge in [-0.3, -0.25) is 19.7 Å². The van der Waals surface area contributed by atoms with Crippen molar-refractivity contribution >= 4 is 45.3 Å². The number of carbonyl (C=O) groups excluding carboxylic acids is 2. The Morgan fingerprint density at radius 2 is 1.59 bits per heavy atom. The number of non-ortho nitro benzene ring substituents is 1. The van der Waals surface area contributed by atoms with Gasteiger partial charge in [-0.1, -0.05) is 0 Å². The molecule has 146 valence electrons. The second-order valence-electron chi connectivity index (χ2n) is 5.68. The van der Waals surface area contributed by atoms with Crippen LogP contribution in [0.15, 0.2) is 74.9 Å². The minimum absolute atomic E-state index is 0.0979. The third kappa shape index (κ3) is 5.36. The maximum absolute atomic E-state index is 12.2. The number of benzene rings is 2. The minimum atomic E-state index is -0.539. The standard InChI is InChI=1S/C19H13BrN4O5/c20-17-10-9-16(29-17)11-21-23-19(26)13-1-5-14(6-2-13)22-18(25)12-3-7-15(8-4-12)24(27)28/h1-11H,(H,22,25)(H,23,26)/b21-11-. The molecule has 0 bridgehead atoms. The molecule has 3 rings (SSSR count).